The lowest BCUT2D eigenvalue weighted by atomic mass is 9.78. The molecule has 0 bridgehead atoms. The highest BCUT2D eigenvalue weighted by atomic mass is 15.2. The summed E-state index contributed by atoms with van der Waals surface area (Å²) in [5.74, 6) is 2.29. The van der Waals surface area contributed by atoms with E-state index >= 15 is 0 Å². The molecule has 3 nitrogen and oxygen atoms in total. The van der Waals surface area contributed by atoms with Gasteiger partial charge >= 0.3 is 0 Å². The molecule has 0 saturated carbocycles. The molecular weight excluding hydrogens is 246 g/mol. The standard InChI is InChI=1S/C17H27N3/c1-4-18-17(19-10-9-13(2)3)20-12-15-11-14-7-5-6-8-16(14)15/h5-8,13,15H,4,9-12H2,1-3H3,(H2,18,19,20). The van der Waals surface area contributed by atoms with Crippen LogP contribution < -0.4 is 10.6 Å². The van der Waals surface area contributed by atoms with Crippen LogP contribution in [0.1, 0.15) is 44.2 Å². The fourth-order valence-electron chi connectivity index (χ4n) is 2.55. The first-order chi connectivity index (χ1) is 9.70. The minimum Gasteiger partial charge on any atom is -0.357 e. The summed E-state index contributed by atoms with van der Waals surface area (Å²) in [6, 6.07) is 8.70. The second-order valence-electron chi connectivity index (χ2n) is 5.93. The van der Waals surface area contributed by atoms with Crippen LogP contribution in [-0.2, 0) is 6.42 Å². The molecule has 1 aromatic carbocycles. The Bertz CT molecular complexity index is 451. The Morgan fingerprint density at radius 1 is 1.30 bits per heavy atom. The lowest BCUT2D eigenvalue weighted by Crippen LogP contribution is -2.38. The molecule has 0 amide bonds. The van der Waals surface area contributed by atoms with E-state index in [9.17, 15) is 0 Å². The van der Waals surface area contributed by atoms with Gasteiger partial charge in [-0.2, -0.15) is 0 Å². The van der Waals surface area contributed by atoms with Gasteiger partial charge < -0.3 is 10.6 Å². The summed E-state index contributed by atoms with van der Waals surface area (Å²) in [5.41, 5.74) is 2.97. The zero-order valence-corrected chi connectivity index (χ0v) is 12.9. The predicted octanol–water partition coefficient (Wildman–Crippen LogP) is 2.93. The molecule has 2 rings (SSSR count). The molecule has 3 heteroatoms. The van der Waals surface area contributed by atoms with Crippen molar-refractivity contribution in [1.29, 1.82) is 0 Å². The van der Waals surface area contributed by atoms with E-state index in [2.05, 4.69) is 55.7 Å². The third-order valence-corrected chi connectivity index (χ3v) is 3.79. The molecule has 0 aromatic heterocycles. The van der Waals surface area contributed by atoms with Crippen LogP contribution in [0.15, 0.2) is 29.3 Å². The molecular formula is C17H27N3. The lowest BCUT2D eigenvalue weighted by Gasteiger charge is -2.29. The Morgan fingerprint density at radius 3 is 2.80 bits per heavy atom. The largest absolute Gasteiger partial charge is 0.357 e. The Balaban J connectivity index is 1.84. The number of benzene rings is 1. The highest BCUT2D eigenvalue weighted by Gasteiger charge is 2.24. The van der Waals surface area contributed by atoms with Crippen molar-refractivity contribution < 1.29 is 0 Å². The van der Waals surface area contributed by atoms with E-state index in [0.29, 0.717) is 5.92 Å². The van der Waals surface area contributed by atoms with Crippen LogP contribution >= 0.6 is 0 Å². The Morgan fingerprint density at radius 2 is 2.10 bits per heavy atom. The lowest BCUT2D eigenvalue weighted by molar-refractivity contribution is 0.571. The van der Waals surface area contributed by atoms with Gasteiger partial charge in [-0.3, -0.25) is 4.99 Å². The number of aliphatic imine (C=N–C) groups is 1. The van der Waals surface area contributed by atoms with Gasteiger partial charge in [0.2, 0.25) is 0 Å². The van der Waals surface area contributed by atoms with Crippen molar-refractivity contribution in [3.63, 3.8) is 0 Å². The predicted molar refractivity (Wildman–Crippen MR) is 86.3 cm³/mol. The van der Waals surface area contributed by atoms with Gasteiger partial charge in [-0.15, -0.1) is 0 Å². The Kier molecular flexibility index (Phi) is 5.45. The number of nitrogens with zero attached hydrogens (tertiary/aromatic N) is 1. The third kappa shape index (κ3) is 3.99. The number of guanidine groups is 1. The highest BCUT2D eigenvalue weighted by Crippen LogP contribution is 2.34. The van der Waals surface area contributed by atoms with E-state index in [0.717, 1.165) is 31.5 Å². The molecule has 0 radical (unpaired) electrons. The van der Waals surface area contributed by atoms with Gasteiger partial charge in [-0.25, -0.2) is 0 Å². The van der Waals surface area contributed by atoms with Gasteiger partial charge in [0.25, 0.3) is 0 Å². The van der Waals surface area contributed by atoms with Crippen LogP contribution in [-0.4, -0.2) is 25.6 Å². The monoisotopic (exact) mass is 273 g/mol. The number of hydrogen-bond donors (Lipinski definition) is 2. The SMILES string of the molecule is CCNC(=NCC1Cc2ccccc21)NCCC(C)C. The molecule has 1 unspecified atom stereocenters. The van der Waals surface area contributed by atoms with Gasteiger partial charge in [0, 0.05) is 25.6 Å². The molecule has 0 heterocycles. The van der Waals surface area contributed by atoms with E-state index in [-0.39, 0.29) is 0 Å². The molecule has 2 N–H and O–H groups in total. The molecule has 0 fully saturated rings. The second-order valence-corrected chi connectivity index (χ2v) is 5.93. The van der Waals surface area contributed by atoms with Gasteiger partial charge in [-0.05, 0) is 36.8 Å². The molecule has 1 aliphatic carbocycles. The summed E-state index contributed by atoms with van der Waals surface area (Å²) in [7, 11) is 0. The fourth-order valence-corrected chi connectivity index (χ4v) is 2.55. The minimum atomic E-state index is 0.603. The van der Waals surface area contributed by atoms with E-state index < -0.39 is 0 Å². The number of rotatable bonds is 6. The molecule has 0 aliphatic heterocycles. The molecule has 1 atom stereocenters. The molecule has 20 heavy (non-hydrogen) atoms. The molecule has 1 aliphatic rings. The second kappa shape index (κ2) is 7.32. The normalized spacial score (nSPS) is 17.6. The van der Waals surface area contributed by atoms with Crippen LogP contribution in [0.25, 0.3) is 0 Å². The molecule has 0 saturated heterocycles. The third-order valence-electron chi connectivity index (χ3n) is 3.79. The zero-order valence-electron chi connectivity index (χ0n) is 12.9. The van der Waals surface area contributed by atoms with E-state index in [1.807, 2.05) is 0 Å². The van der Waals surface area contributed by atoms with Gasteiger partial charge in [0.15, 0.2) is 5.96 Å². The van der Waals surface area contributed by atoms with Crippen molar-refractivity contribution >= 4 is 5.96 Å². The van der Waals surface area contributed by atoms with Crippen molar-refractivity contribution in [3.8, 4) is 0 Å². The van der Waals surface area contributed by atoms with E-state index in [1.165, 1.54) is 24.0 Å². The smallest absolute Gasteiger partial charge is 0.191 e. The van der Waals surface area contributed by atoms with E-state index in [1.54, 1.807) is 0 Å². The summed E-state index contributed by atoms with van der Waals surface area (Å²) in [5, 5.41) is 6.74. The van der Waals surface area contributed by atoms with Crippen molar-refractivity contribution in [1.82, 2.24) is 10.6 Å². The zero-order chi connectivity index (χ0) is 14.4. The van der Waals surface area contributed by atoms with Crippen molar-refractivity contribution in [2.75, 3.05) is 19.6 Å². The minimum absolute atomic E-state index is 0.603. The first kappa shape index (κ1) is 14.9. The van der Waals surface area contributed by atoms with Gasteiger partial charge in [-0.1, -0.05) is 38.1 Å². The number of nitrogens with one attached hydrogen (secondary N) is 2. The average molecular weight is 273 g/mol. The van der Waals surface area contributed by atoms with Gasteiger partial charge in [0.05, 0.1) is 0 Å². The van der Waals surface area contributed by atoms with Crippen LogP contribution in [0, 0.1) is 5.92 Å². The Labute approximate surface area is 122 Å². The van der Waals surface area contributed by atoms with Crippen LogP contribution in [0.5, 0.6) is 0 Å². The summed E-state index contributed by atoms with van der Waals surface area (Å²) >= 11 is 0. The van der Waals surface area contributed by atoms with Gasteiger partial charge in [0.1, 0.15) is 0 Å². The maximum Gasteiger partial charge on any atom is 0.191 e. The first-order valence-corrected chi connectivity index (χ1v) is 7.80. The summed E-state index contributed by atoms with van der Waals surface area (Å²) < 4.78 is 0. The van der Waals surface area contributed by atoms with Crippen molar-refractivity contribution in [2.45, 2.75) is 39.5 Å². The quantitative estimate of drug-likeness (QED) is 0.617. The number of hydrogen-bond acceptors (Lipinski definition) is 1. The maximum atomic E-state index is 4.73. The Hall–Kier alpha value is -1.51. The fraction of sp³-hybridized carbons (Fsp3) is 0.588. The molecule has 0 spiro atoms. The topological polar surface area (TPSA) is 36.4 Å². The van der Waals surface area contributed by atoms with Crippen molar-refractivity contribution in [2.24, 2.45) is 10.9 Å². The van der Waals surface area contributed by atoms with Crippen LogP contribution in [0.2, 0.25) is 0 Å². The van der Waals surface area contributed by atoms with Crippen LogP contribution in [0.4, 0.5) is 0 Å². The van der Waals surface area contributed by atoms with E-state index in [4.69, 9.17) is 4.99 Å². The van der Waals surface area contributed by atoms with Crippen molar-refractivity contribution in [3.05, 3.63) is 35.4 Å². The number of fused-ring (bicyclic) bond motifs is 1. The first-order valence-electron chi connectivity index (χ1n) is 7.80. The molecule has 1 aromatic rings. The summed E-state index contributed by atoms with van der Waals surface area (Å²) in [6.07, 6.45) is 2.35. The summed E-state index contributed by atoms with van der Waals surface area (Å²) in [6.45, 7) is 9.39. The van der Waals surface area contributed by atoms with Crippen LogP contribution in [0.3, 0.4) is 0 Å². The highest BCUT2D eigenvalue weighted by molar-refractivity contribution is 5.79. The average Bonchev–Trinajstić information content (AvgIpc) is 2.39. The molecule has 110 valence electrons. The maximum absolute atomic E-state index is 4.73. The summed E-state index contributed by atoms with van der Waals surface area (Å²) in [4.78, 5) is 4.73.